The molecule has 8 bridgehead atoms. The first-order chi connectivity index (χ1) is 48.4. The van der Waals surface area contributed by atoms with Gasteiger partial charge in [-0.15, -0.1) is 0 Å². The molecule has 22 heteroatoms. The van der Waals surface area contributed by atoms with E-state index in [0.29, 0.717) is 55.9 Å². The SMILES string of the molecule is CCOC(=O)CCC(=O)c1cc2c(OCc3cc(C(=O)OC)cc(-c4cc(C(=O)OC)cc(C)n4)n3)c(c1)Cc1cc(C(C)(C)C)cc(c1O)Cc1cc(C(=O)CCC(=O)OCC)cc(c1OCc1cc(C(=O)OC)cc(-c3cc(C(=O)OC)cc(C)n3)n1)Cc1cc(C(C)(C)C)cc(c1O)C2. The van der Waals surface area contributed by atoms with Crippen LogP contribution in [0, 0.1) is 13.8 Å². The van der Waals surface area contributed by atoms with Gasteiger partial charge in [0.2, 0.25) is 0 Å². The van der Waals surface area contributed by atoms with Crippen LogP contribution in [0.4, 0.5) is 0 Å². The molecule has 9 rings (SSSR count). The maximum Gasteiger partial charge on any atom is 0.337 e. The summed E-state index contributed by atoms with van der Waals surface area (Å²) in [5.74, 6) is -4.51. The number of phenolic OH excluding ortho intramolecular Hbond substituents is 2. The fourth-order valence-electron chi connectivity index (χ4n) is 12.1. The van der Waals surface area contributed by atoms with E-state index in [1.165, 1.54) is 64.8 Å². The fourth-order valence-corrected chi connectivity index (χ4v) is 12.1. The van der Waals surface area contributed by atoms with Gasteiger partial charge in [-0.3, -0.25) is 29.1 Å². The number of esters is 6. The average Bonchev–Trinajstić information content (AvgIpc) is 0.769. The highest BCUT2D eigenvalue weighted by Crippen LogP contribution is 2.43. The molecule has 4 heterocycles. The number of aryl methyl sites for hydroxylation is 2. The standard InChI is InChI=1S/C80H84N4O18/c1-15-99-69(87)19-17-67(85)45-23-51-27-47-31-59(79(5,6)7)33-49(71(47)89)29-53-25-46(68(86)18-20-70(88)100-16-2)26-54(74(53)102-42-62-36-58(78(94)98-14)40-66(84-62)64-38-56(76(92)96-12)22-44(4)82-64)30-50-34-60(80(8,9)10)32-48(72(50)90)28-52(24-45)73(51)101-41-61-35-57(77(93)97-13)39-65(83-61)63-37-55(75(91)95-11)21-43(3)81-63/h21-26,31-40,89-90H,15-20,27-30,41-42H2,1-14H3. The van der Waals surface area contributed by atoms with E-state index in [4.69, 9.17) is 47.9 Å². The van der Waals surface area contributed by atoms with Crippen LogP contribution in [0.2, 0.25) is 0 Å². The number of ketones is 2. The summed E-state index contributed by atoms with van der Waals surface area (Å²) in [5, 5.41) is 26.3. The number of phenols is 2. The van der Waals surface area contributed by atoms with E-state index in [2.05, 4.69) is 9.97 Å². The number of carbonyl (C=O) groups is 8. The van der Waals surface area contributed by atoms with Gasteiger partial charge in [0.1, 0.15) is 36.2 Å². The fraction of sp³-hybridized carbons (Fsp3) is 0.350. The number of hydrogen-bond acceptors (Lipinski definition) is 22. The van der Waals surface area contributed by atoms with Crippen molar-refractivity contribution in [3.05, 3.63) is 209 Å². The van der Waals surface area contributed by atoms with Gasteiger partial charge in [0, 0.05) is 61.0 Å². The van der Waals surface area contributed by atoms with Crippen LogP contribution < -0.4 is 9.47 Å². The zero-order valence-corrected chi connectivity index (χ0v) is 59.9. The molecule has 8 aromatic rings. The molecule has 0 amide bonds. The van der Waals surface area contributed by atoms with Gasteiger partial charge in [0.05, 0.1) is 111 Å². The minimum atomic E-state index is -0.705. The zero-order chi connectivity index (χ0) is 74.1. The number of methoxy groups -OCH3 is 4. The Bertz CT molecular complexity index is 4250. The van der Waals surface area contributed by atoms with Crippen molar-refractivity contribution in [1.29, 1.82) is 0 Å². The minimum absolute atomic E-state index is 0.0823. The number of nitrogens with zero attached hydrogens (tertiary/aromatic N) is 4. The lowest BCUT2D eigenvalue weighted by Crippen LogP contribution is -2.15. The van der Waals surface area contributed by atoms with Gasteiger partial charge in [-0.05, 0) is 167 Å². The molecule has 0 saturated heterocycles. The van der Waals surface area contributed by atoms with Crippen molar-refractivity contribution in [2.24, 2.45) is 0 Å². The minimum Gasteiger partial charge on any atom is -0.507 e. The number of rotatable bonds is 22. The van der Waals surface area contributed by atoms with E-state index in [1.54, 1.807) is 64.1 Å². The molecule has 22 nitrogen and oxygen atoms in total. The van der Waals surface area contributed by atoms with Gasteiger partial charge in [0.15, 0.2) is 11.6 Å². The second-order valence-electron chi connectivity index (χ2n) is 27.0. The Hall–Kier alpha value is -11.2. The molecule has 2 N–H and O–H groups in total. The van der Waals surface area contributed by atoms with Gasteiger partial charge in [-0.2, -0.15) is 0 Å². The first-order valence-electron chi connectivity index (χ1n) is 33.4. The molecule has 4 aromatic carbocycles. The van der Waals surface area contributed by atoms with Crippen molar-refractivity contribution in [3.8, 4) is 45.8 Å². The predicted octanol–water partition coefficient (Wildman–Crippen LogP) is 13.3. The molecule has 0 aliphatic heterocycles. The Labute approximate surface area is 592 Å². The third-order valence-corrected chi connectivity index (χ3v) is 17.2. The first-order valence-corrected chi connectivity index (χ1v) is 33.4. The Morgan fingerprint density at radius 3 is 0.931 bits per heavy atom. The van der Waals surface area contributed by atoms with Crippen molar-refractivity contribution in [3.63, 3.8) is 0 Å². The first kappa shape index (κ1) is 75.1. The molecular weight excluding hydrogens is 1300 g/mol. The molecule has 0 spiro atoms. The Morgan fingerprint density at radius 2 is 0.657 bits per heavy atom. The van der Waals surface area contributed by atoms with Crippen LogP contribution in [0.15, 0.2) is 97.1 Å². The summed E-state index contributed by atoms with van der Waals surface area (Å²) in [6.45, 7) is 18.3. The number of hydrogen-bond donors (Lipinski definition) is 2. The van der Waals surface area contributed by atoms with E-state index in [1.807, 2.05) is 65.8 Å². The van der Waals surface area contributed by atoms with Crippen LogP contribution in [0.5, 0.6) is 23.0 Å². The monoisotopic (exact) mass is 1390 g/mol. The van der Waals surface area contributed by atoms with Crippen molar-refractivity contribution in [1.82, 2.24) is 19.9 Å². The largest absolute Gasteiger partial charge is 0.507 e. The molecule has 532 valence electrons. The van der Waals surface area contributed by atoms with Crippen LogP contribution in [-0.4, -0.2) is 119 Å². The number of fused-ring (bicyclic) bond motifs is 8. The van der Waals surface area contributed by atoms with Crippen molar-refractivity contribution in [2.45, 2.75) is 145 Å². The van der Waals surface area contributed by atoms with Gasteiger partial charge in [0.25, 0.3) is 0 Å². The van der Waals surface area contributed by atoms with Crippen LogP contribution in [0.1, 0.15) is 222 Å². The van der Waals surface area contributed by atoms with Gasteiger partial charge in [-0.1, -0.05) is 65.8 Å². The Morgan fingerprint density at radius 1 is 0.373 bits per heavy atom. The highest BCUT2D eigenvalue weighted by Gasteiger charge is 2.30. The summed E-state index contributed by atoms with van der Waals surface area (Å²) in [6, 6.07) is 26.1. The highest BCUT2D eigenvalue weighted by atomic mass is 16.5. The van der Waals surface area contributed by atoms with E-state index in [9.17, 15) is 48.6 Å². The zero-order valence-electron chi connectivity index (χ0n) is 59.9. The van der Waals surface area contributed by atoms with E-state index >= 15 is 0 Å². The van der Waals surface area contributed by atoms with Crippen LogP contribution in [-0.2, 0) is 87.7 Å². The molecular formula is C80H84N4O18. The summed E-state index contributed by atoms with van der Waals surface area (Å²) < 4.78 is 45.0. The Kier molecular flexibility index (Phi) is 23.6. The molecule has 1 aliphatic rings. The third-order valence-electron chi connectivity index (χ3n) is 17.2. The second kappa shape index (κ2) is 32.0. The number of pyridine rings is 4. The molecule has 0 saturated carbocycles. The summed E-state index contributed by atoms with van der Waals surface area (Å²) in [7, 11) is 4.98. The molecule has 102 heavy (non-hydrogen) atoms. The topological polar surface area (TPSA) is 302 Å². The number of benzene rings is 4. The molecule has 0 unspecified atom stereocenters. The van der Waals surface area contributed by atoms with E-state index in [0.717, 1.165) is 11.1 Å². The van der Waals surface area contributed by atoms with Gasteiger partial charge < -0.3 is 48.1 Å². The van der Waals surface area contributed by atoms with Crippen LogP contribution in [0.3, 0.4) is 0 Å². The molecule has 0 fully saturated rings. The maximum absolute atomic E-state index is 14.7. The van der Waals surface area contributed by atoms with Gasteiger partial charge >= 0.3 is 35.8 Å². The van der Waals surface area contributed by atoms with Crippen molar-refractivity contribution < 1.29 is 86.5 Å². The lowest BCUT2D eigenvalue weighted by molar-refractivity contribution is -0.143. The summed E-state index contributed by atoms with van der Waals surface area (Å²) in [6.07, 6.45) is -1.37. The third kappa shape index (κ3) is 18.1. The molecule has 0 atom stereocenters. The number of aromatic hydroxyl groups is 2. The molecule has 0 radical (unpaired) electrons. The smallest absolute Gasteiger partial charge is 0.337 e. The molecule has 1 aliphatic carbocycles. The Balaban J connectivity index is 1.31. The summed E-state index contributed by atoms with van der Waals surface area (Å²) in [5.41, 5.74) is 6.52. The summed E-state index contributed by atoms with van der Waals surface area (Å²) in [4.78, 5) is 127. The normalized spacial score (nSPS) is 12.0. The number of carbonyl (C=O) groups excluding carboxylic acids is 8. The average molecular weight is 1390 g/mol. The number of aromatic nitrogens is 4. The number of ether oxygens (including phenoxy) is 8. The maximum atomic E-state index is 14.7. The van der Waals surface area contributed by atoms with Crippen molar-refractivity contribution >= 4 is 47.4 Å². The van der Waals surface area contributed by atoms with Crippen LogP contribution >= 0.6 is 0 Å². The highest BCUT2D eigenvalue weighted by molar-refractivity contribution is 5.99. The van der Waals surface area contributed by atoms with E-state index < -0.39 is 58.2 Å². The van der Waals surface area contributed by atoms with Crippen molar-refractivity contribution in [2.75, 3.05) is 41.7 Å². The van der Waals surface area contributed by atoms with Gasteiger partial charge in [-0.25, -0.2) is 29.1 Å². The molecule has 4 aromatic heterocycles. The lowest BCUT2D eigenvalue weighted by atomic mass is 9.81. The second-order valence-corrected chi connectivity index (χ2v) is 27.0. The number of Topliss-reactive ketones (excluding diaryl/α,β-unsaturated/α-hetero) is 2. The van der Waals surface area contributed by atoms with Crippen LogP contribution in [0.25, 0.3) is 22.8 Å². The van der Waals surface area contributed by atoms with E-state index in [-0.39, 0.29) is 168 Å². The predicted molar refractivity (Wildman–Crippen MR) is 377 cm³/mol. The lowest BCUT2D eigenvalue weighted by Gasteiger charge is -2.26. The quantitative estimate of drug-likeness (QED) is 0.0362. The summed E-state index contributed by atoms with van der Waals surface area (Å²) >= 11 is 0.